The molecule has 0 saturated carbocycles. The summed E-state index contributed by atoms with van der Waals surface area (Å²) in [6, 6.07) is 1.63. The van der Waals surface area contributed by atoms with E-state index in [4.69, 9.17) is 9.15 Å². The minimum absolute atomic E-state index is 0.183. The van der Waals surface area contributed by atoms with Crippen LogP contribution in [-0.2, 0) is 13.1 Å². The van der Waals surface area contributed by atoms with Gasteiger partial charge in [0.2, 0.25) is 17.7 Å². The highest BCUT2D eigenvalue weighted by atomic mass is 16.5. The Balaban J connectivity index is 1.65. The molecule has 0 saturated heterocycles. The third-order valence-electron chi connectivity index (χ3n) is 2.71. The van der Waals surface area contributed by atoms with Gasteiger partial charge in [-0.2, -0.15) is 5.10 Å². The van der Waals surface area contributed by atoms with E-state index in [-0.39, 0.29) is 12.5 Å². The van der Waals surface area contributed by atoms with Crippen molar-refractivity contribution in [3.8, 4) is 5.88 Å². The Hall–Kier alpha value is -2.38. The molecule has 2 aromatic rings. The van der Waals surface area contributed by atoms with Crippen molar-refractivity contribution in [1.29, 1.82) is 0 Å². The SMILES string of the molecule is Cc1nnc(CNC(=O)c2cc3n(n2)CCCO3)o1. The monoisotopic (exact) mass is 263 g/mol. The highest BCUT2D eigenvalue weighted by Crippen LogP contribution is 2.18. The van der Waals surface area contributed by atoms with E-state index in [9.17, 15) is 4.79 Å². The number of hydrogen-bond acceptors (Lipinski definition) is 6. The zero-order valence-corrected chi connectivity index (χ0v) is 10.4. The second kappa shape index (κ2) is 4.71. The van der Waals surface area contributed by atoms with Crippen molar-refractivity contribution in [3.63, 3.8) is 0 Å². The summed E-state index contributed by atoms with van der Waals surface area (Å²) in [5, 5.41) is 14.3. The molecule has 0 unspecified atom stereocenters. The first-order valence-electron chi connectivity index (χ1n) is 6.00. The first-order valence-corrected chi connectivity index (χ1v) is 6.00. The average Bonchev–Trinajstić information content (AvgIpc) is 3.01. The Morgan fingerprint density at radius 3 is 3.16 bits per heavy atom. The maximum atomic E-state index is 11.9. The first kappa shape index (κ1) is 11.7. The predicted molar refractivity (Wildman–Crippen MR) is 62.5 cm³/mol. The van der Waals surface area contributed by atoms with Crippen LogP contribution in [0.5, 0.6) is 5.88 Å². The zero-order valence-electron chi connectivity index (χ0n) is 10.4. The number of carbonyl (C=O) groups excluding carboxylic acids is 1. The fourth-order valence-electron chi connectivity index (χ4n) is 1.83. The highest BCUT2D eigenvalue weighted by Gasteiger charge is 2.18. The normalized spacial score (nSPS) is 13.7. The third kappa shape index (κ3) is 2.42. The maximum absolute atomic E-state index is 11.9. The number of aryl methyl sites for hydroxylation is 2. The Morgan fingerprint density at radius 1 is 1.53 bits per heavy atom. The van der Waals surface area contributed by atoms with E-state index in [1.807, 2.05) is 0 Å². The average molecular weight is 263 g/mol. The lowest BCUT2D eigenvalue weighted by Crippen LogP contribution is -2.23. The van der Waals surface area contributed by atoms with Gasteiger partial charge >= 0.3 is 0 Å². The lowest BCUT2D eigenvalue weighted by Gasteiger charge is -2.13. The molecule has 19 heavy (non-hydrogen) atoms. The van der Waals surface area contributed by atoms with E-state index in [1.165, 1.54) is 0 Å². The van der Waals surface area contributed by atoms with Gasteiger partial charge in [0.25, 0.3) is 5.91 Å². The van der Waals surface area contributed by atoms with Crippen LogP contribution in [-0.4, -0.2) is 32.5 Å². The van der Waals surface area contributed by atoms with Gasteiger partial charge in [0.15, 0.2) is 5.69 Å². The molecular formula is C11H13N5O3. The lowest BCUT2D eigenvalue weighted by atomic mass is 10.4. The van der Waals surface area contributed by atoms with E-state index in [2.05, 4.69) is 20.6 Å². The molecule has 0 bridgehead atoms. The number of aromatic nitrogens is 4. The van der Waals surface area contributed by atoms with Crippen molar-refractivity contribution in [2.45, 2.75) is 26.4 Å². The summed E-state index contributed by atoms with van der Waals surface area (Å²) >= 11 is 0. The molecule has 100 valence electrons. The molecule has 0 spiro atoms. The molecule has 1 aliphatic heterocycles. The van der Waals surface area contributed by atoms with Gasteiger partial charge in [-0.05, 0) is 0 Å². The summed E-state index contributed by atoms with van der Waals surface area (Å²) in [6.07, 6.45) is 0.900. The van der Waals surface area contributed by atoms with Gasteiger partial charge < -0.3 is 14.5 Å². The molecule has 8 heteroatoms. The second-order valence-corrected chi connectivity index (χ2v) is 4.19. The summed E-state index contributed by atoms with van der Waals surface area (Å²) in [7, 11) is 0. The second-order valence-electron chi connectivity index (χ2n) is 4.19. The van der Waals surface area contributed by atoms with Crippen molar-refractivity contribution in [2.24, 2.45) is 0 Å². The maximum Gasteiger partial charge on any atom is 0.272 e. The largest absolute Gasteiger partial charge is 0.478 e. The Morgan fingerprint density at radius 2 is 2.42 bits per heavy atom. The van der Waals surface area contributed by atoms with Crippen molar-refractivity contribution < 1.29 is 13.9 Å². The molecule has 0 aromatic carbocycles. The molecule has 1 amide bonds. The minimum atomic E-state index is -0.290. The van der Waals surface area contributed by atoms with Crippen molar-refractivity contribution in [2.75, 3.05) is 6.61 Å². The molecule has 0 atom stereocenters. The molecule has 0 aliphatic carbocycles. The van der Waals surface area contributed by atoms with Crippen molar-refractivity contribution in [1.82, 2.24) is 25.3 Å². The van der Waals surface area contributed by atoms with Gasteiger partial charge in [0.05, 0.1) is 13.2 Å². The molecule has 3 heterocycles. The molecule has 0 radical (unpaired) electrons. The van der Waals surface area contributed by atoms with E-state index in [0.29, 0.717) is 30.0 Å². The van der Waals surface area contributed by atoms with E-state index in [1.54, 1.807) is 17.7 Å². The number of rotatable bonds is 3. The van der Waals surface area contributed by atoms with Crippen LogP contribution in [0.15, 0.2) is 10.5 Å². The van der Waals surface area contributed by atoms with E-state index < -0.39 is 0 Å². The van der Waals surface area contributed by atoms with Crippen LogP contribution in [0.4, 0.5) is 0 Å². The summed E-state index contributed by atoms with van der Waals surface area (Å²) in [5.74, 6) is 1.17. The molecule has 8 nitrogen and oxygen atoms in total. The molecule has 0 fully saturated rings. The van der Waals surface area contributed by atoms with Crippen molar-refractivity contribution >= 4 is 5.91 Å². The Labute approximate surface area is 108 Å². The van der Waals surface area contributed by atoms with Crippen LogP contribution in [0.3, 0.4) is 0 Å². The minimum Gasteiger partial charge on any atom is -0.478 e. The van der Waals surface area contributed by atoms with Crippen LogP contribution < -0.4 is 10.1 Å². The van der Waals surface area contributed by atoms with E-state index in [0.717, 1.165) is 13.0 Å². The first-order chi connectivity index (χ1) is 9.22. The molecule has 3 rings (SSSR count). The number of amides is 1. The van der Waals surface area contributed by atoms with Gasteiger partial charge in [0, 0.05) is 26.0 Å². The Bertz CT molecular complexity index is 580. The number of fused-ring (bicyclic) bond motifs is 1. The standard InChI is InChI=1S/C11H13N5O3/c1-7-13-14-9(19-7)6-12-11(17)8-5-10-16(15-8)3-2-4-18-10/h5H,2-4,6H2,1H3,(H,12,17). The summed E-state index contributed by atoms with van der Waals surface area (Å²) in [5.41, 5.74) is 0.327. The van der Waals surface area contributed by atoms with Crippen molar-refractivity contribution in [3.05, 3.63) is 23.5 Å². The number of carbonyl (C=O) groups is 1. The number of ether oxygens (including phenoxy) is 1. The molecular weight excluding hydrogens is 250 g/mol. The highest BCUT2D eigenvalue weighted by molar-refractivity contribution is 5.92. The molecule has 1 aliphatic rings. The summed E-state index contributed by atoms with van der Waals surface area (Å²) in [4.78, 5) is 11.9. The van der Waals surface area contributed by atoms with Crippen LogP contribution in [0.25, 0.3) is 0 Å². The molecule has 2 aromatic heterocycles. The van der Waals surface area contributed by atoms with E-state index >= 15 is 0 Å². The van der Waals surface area contributed by atoms with Crippen LogP contribution in [0.1, 0.15) is 28.7 Å². The summed E-state index contributed by atoms with van der Waals surface area (Å²) < 4.78 is 12.3. The van der Waals surface area contributed by atoms with Crippen LogP contribution >= 0.6 is 0 Å². The van der Waals surface area contributed by atoms with Gasteiger partial charge in [-0.25, -0.2) is 4.68 Å². The van der Waals surface area contributed by atoms with Gasteiger partial charge in [-0.3, -0.25) is 4.79 Å². The third-order valence-corrected chi connectivity index (χ3v) is 2.71. The van der Waals surface area contributed by atoms with Crippen LogP contribution in [0.2, 0.25) is 0 Å². The Kier molecular flexibility index (Phi) is 2.90. The summed E-state index contributed by atoms with van der Waals surface area (Å²) in [6.45, 7) is 3.31. The lowest BCUT2D eigenvalue weighted by molar-refractivity contribution is 0.0941. The number of nitrogens with one attached hydrogen (secondary N) is 1. The van der Waals surface area contributed by atoms with Gasteiger partial charge in [-0.1, -0.05) is 0 Å². The zero-order chi connectivity index (χ0) is 13.2. The van der Waals surface area contributed by atoms with Crippen LogP contribution in [0, 0.1) is 6.92 Å². The number of hydrogen-bond donors (Lipinski definition) is 1. The fourth-order valence-corrected chi connectivity index (χ4v) is 1.83. The quantitative estimate of drug-likeness (QED) is 0.855. The number of nitrogens with zero attached hydrogens (tertiary/aromatic N) is 4. The predicted octanol–water partition coefficient (Wildman–Crippen LogP) is 0.287. The fraction of sp³-hybridized carbons (Fsp3) is 0.455. The van der Waals surface area contributed by atoms with Gasteiger partial charge in [-0.15, -0.1) is 10.2 Å². The van der Waals surface area contributed by atoms with Gasteiger partial charge in [0.1, 0.15) is 0 Å². The topological polar surface area (TPSA) is 95.1 Å². The molecule has 1 N–H and O–H groups in total. The smallest absolute Gasteiger partial charge is 0.272 e.